The summed E-state index contributed by atoms with van der Waals surface area (Å²) in [4.78, 5) is 0. The third-order valence-corrected chi connectivity index (χ3v) is 3.95. The summed E-state index contributed by atoms with van der Waals surface area (Å²) in [6.45, 7) is 12.4. The molecular weight excluding hydrogens is 193 g/mol. The van der Waals surface area contributed by atoms with Crippen LogP contribution in [0.25, 0.3) is 0 Å². The minimum Gasteiger partial charge on any atom is -0.315 e. The van der Waals surface area contributed by atoms with Gasteiger partial charge in [0.25, 0.3) is 0 Å². The fourth-order valence-corrected chi connectivity index (χ4v) is 1.89. The molecule has 0 saturated carbocycles. The standard InChI is InChI=1S/C11H25B3N2/c1-9(2,3)8-6-7-15-16(8)11(5,14)10(4,12)13/h6,15H,7,12-14H2,1-5H3. The Bertz CT molecular complexity index is 297. The number of nitrogens with one attached hydrogen (secondary N) is 1. The molecule has 0 spiro atoms. The van der Waals surface area contributed by atoms with Crippen LogP contribution in [0.5, 0.6) is 0 Å². The molecule has 5 heteroatoms. The van der Waals surface area contributed by atoms with Crippen LogP contribution < -0.4 is 5.43 Å². The van der Waals surface area contributed by atoms with E-state index in [0.29, 0.717) is 0 Å². The number of hydrogen-bond donors (Lipinski definition) is 1. The van der Waals surface area contributed by atoms with Crippen molar-refractivity contribution < 1.29 is 0 Å². The van der Waals surface area contributed by atoms with Crippen molar-refractivity contribution in [1.29, 1.82) is 0 Å². The lowest BCUT2D eigenvalue weighted by atomic mass is 9.41. The molecule has 0 radical (unpaired) electrons. The zero-order valence-electron chi connectivity index (χ0n) is 12.2. The number of nitrogens with zero attached hydrogens (tertiary/aromatic N) is 1. The van der Waals surface area contributed by atoms with E-state index in [0.717, 1.165) is 6.54 Å². The van der Waals surface area contributed by atoms with Crippen molar-refractivity contribution in [1.82, 2.24) is 10.4 Å². The van der Waals surface area contributed by atoms with Gasteiger partial charge in [0, 0.05) is 23.1 Å². The molecule has 0 aromatic carbocycles. The van der Waals surface area contributed by atoms with Crippen LogP contribution in [0, 0.1) is 5.41 Å². The molecule has 1 unspecified atom stereocenters. The molecule has 0 aromatic rings. The Morgan fingerprint density at radius 3 is 2.00 bits per heavy atom. The van der Waals surface area contributed by atoms with Crippen molar-refractivity contribution in [2.24, 2.45) is 5.41 Å². The fourth-order valence-electron chi connectivity index (χ4n) is 1.89. The highest BCUT2D eigenvalue weighted by Gasteiger charge is 2.42. The zero-order valence-corrected chi connectivity index (χ0v) is 12.2. The Morgan fingerprint density at radius 2 is 1.62 bits per heavy atom. The van der Waals surface area contributed by atoms with E-state index >= 15 is 0 Å². The molecule has 0 aromatic heterocycles. The van der Waals surface area contributed by atoms with E-state index in [1.807, 2.05) is 0 Å². The van der Waals surface area contributed by atoms with Crippen molar-refractivity contribution in [3.8, 4) is 0 Å². The van der Waals surface area contributed by atoms with Crippen LogP contribution in [0.3, 0.4) is 0 Å². The molecule has 1 aliphatic rings. The second-order valence-corrected chi connectivity index (χ2v) is 7.35. The third-order valence-electron chi connectivity index (χ3n) is 3.95. The van der Waals surface area contributed by atoms with Gasteiger partial charge in [-0.3, -0.25) is 0 Å². The molecule has 2 nitrogen and oxygen atoms in total. The van der Waals surface area contributed by atoms with Gasteiger partial charge in [0.15, 0.2) is 0 Å². The van der Waals surface area contributed by atoms with E-state index in [9.17, 15) is 0 Å². The van der Waals surface area contributed by atoms with Crippen molar-refractivity contribution in [3.63, 3.8) is 0 Å². The lowest BCUT2D eigenvalue weighted by Gasteiger charge is -2.50. The van der Waals surface area contributed by atoms with Gasteiger partial charge in [-0.1, -0.05) is 32.9 Å². The summed E-state index contributed by atoms with van der Waals surface area (Å²) in [5.74, 6) is 0. The van der Waals surface area contributed by atoms with Gasteiger partial charge < -0.3 is 5.01 Å². The summed E-state index contributed by atoms with van der Waals surface area (Å²) in [7, 11) is 6.91. The van der Waals surface area contributed by atoms with Crippen LogP contribution in [0.15, 0.2) is 11.8 Å². The highest BCUT2D eigenvalue weighted by atomic mass is 15.6. The molecule has 0 aliphatic carbocycles. The molecule has 1 atom stereocenters. The van der Waals surface area contributed by atoms with Gasteiger partial charge in [-0.05, 0) is 13.0 Å². The average molecular weight is 218 g/mol. The zero-order chi connectivity index (χ0) is 12.8. The second kappa shape index (κ2) is 3.87. The van der Waals surface area contributed by atoms with E-state index in [1.54, 1.807) is 0 Å². The fraction of sp³-hybridized carbons (Fsp3) is 0.818. The maximum absolute atomic E-state index is 3.50. The normalized spacial score (nSPS) is 21.8. The van der Waals surface area contributed by atoms with Gasteiger partial charge in [0.2, 0.25) is 0 Å². The minimum absolute atomic E-state index is 0.0998. The van der Waals surface area contributed by atoms with Crippen molar-refractivity contribution in [3.05, 3.63) is 11.8 Å². The Morgan fingerprint density at radius 1 is 1.12 bits per heavy atom. The predicted molar refractivity (Wildman–Crippen MR) is 79.8 cm³/mol. The monoisotopic (exact) mass is 218 g/mol. The maximum atomic E-state index is 3.50. The van der Waals surface area contributed by atoms with Crippen molar-refractivity contribution in [2.45, 2.75) is 45.3 Å². The van der Waals surface area contributed by atoms with Crippen LogP contribution in [0.4, 0.5) is 0 Å². The lowest BCUT2D eigenvalue weighted by Crippen LogP contribution is -2.59. The number of hydrogen-bond acceptors (Lipinski definition) is 2. The number of rotatable bonds is 2. The molecule has 0 bridgehead atoms. The number of hydrazine groups is 1. The van der Waals surface area contributed by atoms with Gasteiger partial charge in [0.1, 0.15) is 23.5 Å². The highest BCUT2D eigenvalue weighted by molar-refractivity contribution is 6.44. The van der Waals surface area contributed by atoms with E-state index in [-0.39, 0.29) is 16.1 Å². The summed E-state index contributed by atoms with van der Waals surface area (Å²) in [6, 6.07) is 0. The highest BCUT2D eigenvalue weighted by Crippen LogP contribution is 2.40. The topological polar surface area (TPSA) is 15.3 Å². The first-order valence-electron chi connectivity index (χ1n) is 6.22. The predicted octanol–water partition coefficient (Wildman–Crippen LogP) is -0.512. The summed E-state index contributed by atoms with van der Waals surface area (Å²) in [6.07, 6.45) is 2.31. The lowest BCUT2D eigenvalue weighted by molar-refractivity contribution is 0.131. The van der Waals surface area contributed by atoms with Gasteiger partial charge in [-0.15, -0.1) is 0 Å². The minimum atomic E-state index is 0.0998. The van der Waals surface area contributed by atoms with Crippen LogP contribution in [0.2, 0.25) is 5.21 Å². The summed E-state index contributed by atoms with van der Waals surface area (Å²) in [5, 5.41) is 2.60. The van der Waals surface area contributed by atoms with E-state index in [2.05, 4.69) is 74.7 Å². The molecule has 0 amide bonds. The molecule has 88 valence electrons. The smallest absolute Gasteiger partial charge is 0.135 e. The maximum Gasteiger partial charge on any atom is 0.135 e. The van der Waals surface area contributed by atoms with Crippen molar-refractivity contribution >= 4 is 23.5 Å². The first-order chi connectivity index (χ1) is 6.98. The van der Waals surface area contributed by atoms with E-state index in [1.165, 1.54) is 5.70 Å². The van der Waals surface area contributed by atoms with Gasteiger partial charge in [-0.25, -0.2) is 5.43 Å². The average Bonchev–Trinajstić information content (AvgIpc) is 2.47. The molecule has 1 heterocycles. The Hall–Kier alpha value is -0.305. The molecule has 16 heavy (non-hydrogen) atoms. The van der Waals surface area contributed by atoms with Crippen LogP contribution in [0.1, 0.15) is 34.6 Å². The molecule has 1 rings (SSSR count). The SMILES string of the molecule is BC(B)(C)C(B)(C)N1NCC=C1C(C)(C)C. The van der Waals surface area contributed by atoms with Gasteiger partial charge >= 0.3 is 0 Å². The second-order valence-electron chi connectivity index (χ2n) is 7.35. The summed E-state index contributed by atoms with van der Waals surface area (Å²) >= 11 is 0. The molecule has 1 N–H and O–H groups in total. The Kier molecular flexibility index (Phi) is 3.33. The third kappa shape index (κ3) is 2.34. The molecule has 0 saturated heterocycles. The van der Waals surface area contributed by atoms with E-state index in [4.69, 9.17) is 0 Å². The van der Waals surface area contributed by atoms with Crippen molar-refractivity contribution in [2.75, 3.05) is 6.54 Å². The molecule has 1 aliphatic heterocycles. The first-order valence-corrected chi connectivity index (χ1v) is 6.22. The molecule has 0 fully saturated rings. The quantitative estimate of drug-likeness (QED) is 0.627. The van der Waals surface area contributed by atoms with Crippen LogP contribution >= 0.6 is 0 Å². The van der Waals surface area contributed by atoms with E-state index < -0.39 is 0 Å². The van der Waals surface area contributed by atoms with Gasteiger partial charge in [0.05, 0.1) is 0 Å². The summed E-state index contributed by atoms with van der Waals surface area (Å²) in [5.41, 5.74) is 5.21. The Balaban J connectivity index is 3.03. The number of allylic oxidation sites excluding steroid dienone is 1. The Labute approximate surface area is 103 Å². The summed E-state index contributed by atoms with van der Waals surface area (Å²) < 4.78 is 0. The first kappa shape index (κ1) is 13.8. The van der Waals surface area contributed by atoms with Gasteiger partial charge in [-0.2, -0.15) is 0 Å². The largest absolute Gasteiger partial charge is 0.315 e. The van der Waals surface area contributed by atoms with Crippen LogP contribution in [-0.4, -0.2) is 40.5 Å². The van der Waals surface area contributed by atoms with Crippen LogP contribution in [-0.2, 0) is 0 Å². The molecular formula is C11H25B3N2.